The zero-order valence-electron chi connectivity index (χ0n) is 14.3. The van der Waals surface area contributed by atoms with E-state index in [0.717, 1.165) is 10.6 Å². The van der Waals surface area contributed by atoms with Gasteiger partial charge in [-0.3, -0.25) is 0 Å². The summed E-state index contributed by atoms with van der Waals surface area (Å²) in [6, 6.07) is 16.8. The van der Waals surface area contributed by atoms with Gasteiger partial charge < -0.3 is 14.9 Å². The molecule has 2 rings (SSSR count). The quantitative estimate of drug-likeness (QED) is 0.549. The van der Waals surface area contributed by atoms with Crippen molar-refractivity contribution in [2.45, 2.75) is 32.6 Å². The van der Waals surface area contributed by atoms with Gasteiger partial charge in [-0.1, -0.05) is 11.8 Å². The summed E-state index contributed by atoms with van der Waals surface area (Å²) in [4.78, 5) is 4.71. The molecule has 2 aromatic carbocycles. The molecule has 0 saturated heterocycles. The first-order chi connectivity index (χ1) is 12.2. The summed E-state index contributed by atoms with van der Waals surface area (Å²) < 4.78 is 5.22. The molecule has 6 heteroatoms. The normalized spacial score (nSPS) is 12.3. The minimum Gasteiger partial charge on any atom is -0.396 e. The molecule has 0 aromatic heterocycles. The van der Waals surface area contributed by atoms with Crippen molar-refractivity contribution in [1.29, 1.82) is 0 Å². The fourth-order valence-electron chi connectivity index (χ4n) is 2.00. The first kappa shape index (κ1) is 20.7. The van der Waals surface area contributed by atoms with E-state index < -0.39 is 6.10 Å². The molecule has 0 bridgehead atoms. The van der Waals surface area contributed by atoms with E-state index in [2.05, 4.69) is 48.5 Å². The average Bonchev–Trinajstić information content (AvgIpc) is 2.65. The highest BCUT2D eigenvalue weighted by molar-refractivity contribution is 8.00. The predicted octanol–water partition coefficient (Wildman–Crippen LogP) is 4.41. The summed E-state index contributed by atoms with van der Waals surface area (Å²) in [6.07, 6.45) is -0.429. The molecule has 0 spiro atoms. The lowest BCUT2D eigenvalue weighted by Crippen LogP contribution is -2.17. The number of benzene rings is 2. The van der Waals surface area contributed by atoms with Crippen LogP contribution < -0.4 is 0 Å². The van der Waals surface area contributed by atoms with Gasteiger partial charge in [0, 0.05) is 37.7 Å². The van der Waals surface area contributed by atoms with Gasteiger partial charge in [-0.2, -0.15) is 0 Å². The highest BCUT2D eigenvalue weighted by Crippen LogP contribution is 2.31. The van der Waals surface area contributed by atoms with E-state index in [9.17, 15) is 5.11 Å². The number of aliphatic hydroxyl groups is 2. The van der Waals surface area contributed by atoms with Crippen molar-refractivity contribution in [2.75, 3.05) is 31.3 Å². The summed E-state index contributed by atoms with van der Waals surface area (Å²) in [6.45, 7) is 3.16. The van der Waals surface area contributed by atoms with Gasteiger partial charge in [0.15, 0.2) is 0 Å². The van der Waals surface area contributed by atoms with Crippen molar-refractivity contribution >= 4 is 35.3 Å². The minimum atomic E-state index is -0.429. The van der Waals surface area contributed by atoms with Gasteiger partial charge in [-0.25, -0.2) is 0 Å². The molecule has 136 valence electrons. The molecule has 0 aliphatic heterocycles. The van der Waals surface area contributed by atoms with Gasteiger partial charge in [0.1, 0.15) is 0 Å². The van der Waals surface area contributed by atoms with Crippen molar-refractivity contribution in [3.63, 3.8) is 0 Å². The van der Waals surface area contributed by atoms with Crippen LogP contribution in [0.1, 0.15) is 6.92 Å². The number of ether oxygens (including phenoxy) is 1. The zero-order chi connectivity index (χ0) is 17.9. The van der Waals surface area contributed by atoms with Gasteiger partial charge in [0.25, 0.3) is 0 Å². The van der Waals surface area contributed by atoms with Gasteiger partial charge in [0.05, 0.1) is 19.3 Å². The lowest BCUT2D eigenvalue weighted by Gasteiger charge is -2.10. The summed E-state index contributed by atoms with van der Waals surface area (Å²) in [5, 5.41) is 18.7. The molecular weight excluding hydrogens is 372 g/mol. The van der Waals surface area contributed by atoms with Crippen LogP contribution in [0.4, 0.5) is 0 Å². The van der Waals surface area contributed by atoms with Crippen LogP contribution in [0.5, 0.6) is 0 Å². The molecule has 2 N–H and O–H groups in total. The predicted molar refractivity (Wildman–Crippen MR) is 108 cm³/mol. The number of rotatable bonds is 11. The Bertz CT molecular complexity index is 602. The van der Waals surface area contributed by atoms with Crippen molar-refractivity contribution in [1.82, 2.24) is 0 Å². The Morgan fingerprint density at radius 2 is 1.40 bits per heavy atom. The van der Waals surface area contributed by atoms with E-state index in [0.29, 0.717) is 19.0 Å². The minimum absolute atomic E-state index is 0.203. The van der Waals surface area contributed by atoms with E-state index in [1.165, 1.54) is 14.7 Å². The van der Waals surface area contributed by atoms with Crippen LogP contribution in [0.15, 0.2) is 68.1 Å². The van der Waals surface area contributed by atoms with Gasteiger partial charge in [-0.05, 0) is 55.5 Å². The molecule has 0 saturated carbocycles. The van der Waals surface area contributed by atoms with E-state index in [1.54, 1.807) is 35.3 Å². The maximum absolute atomic E-state index is 9.80. The highest BCUT2D eigenvalue weighted by Gasteiger charge is 2.05. The number of hydrogen-bond donors (Lipinski definition) is 2. The van der Waals surface area contributed by atoms with Crippen molar-refractivity contribution in [2.24, 2.45) is 0 Å². The largest absolute Gasteiger partial charge is 0.396 e. The molecule has 3 nitrogen and oxygen atoms in total. The fraction of sp³-hybridized carbons (Fsp3) is 0.368. The van der Waals surface area contributed by atoms with Crippen LogP contribution in [-0.4, -0.2) is 47.6 Å². The van der Waals surface area contributed by atoms with Crippen LogP contribution in [0.2, 0.25) is 0 Å². The second-order valence-corrected chi connectivity index (χ2v) is 8.65. The van der Waals surface area contributed by atoms with E-state index in [-0.39, 0.29) is 6.61 Å². The Kier molecular flexibility index (Phi) is 9.83. The number of thioether (sulfide) groups is 2. The topological polar surface area (TPSA) is 49.7 Å². The standard InChI is InChI=1S/C19H24O3S3/c1-2-22-13-15(21)14-24-17-5-9-19(10-6-17)25-18-7-3-16(4-8-18)23-12-11-20/h3-10,15,20-21H,2,11-14H2,1H3. The number of hydrogen-bond acceptors (Lipinski definition) is 6. The molecule has 2 aromatic rings. The third kappa shape index (κ3) is 8.07. The Morgan fingerprint density at radius 1 is 0.880 bits per heavy atom. The lowest BCUT2D eigenvalue weighted by atomic mass is 10.4. The van der Waals surface area contributed by atoms with Gasteiger partial charge in [0.2, 0.25) is 0 Å². The third-order valence-corrected chi connectivity index (χ3v) is 6.36. The van der Waals surface area contributed by atoms with E-state index in [1.807, 2.05) is 6.92 Å². The fourth-order valence-corrected chi connectivity index (χ4v) is 4.28. The van der Waals surface area contributed by atoms with Gasteiger partial charge in [-0.15, -0.1) is 23.5 Å². The second-order valence-electron chi connectivity index (χ2n) is 5.24. The van der Waals surface area contributed by atoms with E-state index >= 15 is 0 Å². The molecular formula is C19H24O3S3. The van der Waals surface area contributed by atoms with Crippen LogP contribution >= 0.6 is 35.3 Å². The Balaban J connectivity index is 1.81. The molecule has 1 unspecified atom stereocenters. The number of aliphatic hydroxyl groups excluding tert-OH is 2. The Hall–Kier alpha value is -0.630. The first-order valence-electron chi connectivity index (χ1n) is 8.21. The highest BCUT2D eigenvalue weighted by atomic mass is 32.2. The van der Waals surface area contributed by atoms with Crippen molar-refractivity contribution in [3.05, 3.63) is 48.5 Å². The van der Waals surface area contributed by atoms with Crippen molar-refractivity contribution < 1.29 is 14.9 Å². The maximum Gasteiger partial charge on any atom is 0.0867 e. The van der Waals surface area contributed by atoms with Crippen LogP contribution in [-0.2, 0) is 4.74 Å². The average molecular weight is 397 g/mol. The Labute approximate surface area is 162 Å². The Morgan fingerprint density at radius 3 is 1.92 bits per heavy atom. The summed E-state index contributed by atoms with van der Waals surface area (Å²) in [7, 11) is 0. The van der Waals surface area contributed by atoms with Crippen LogP contribution in [0.3, 0.4) is 0 Å². The van der Waals surface area contributed by atoms with Crippen LogP contribution in [0.25, 0.3) is 0 Å². The molecule has 0 amide bonds. The van der Waals surface area contributed by atoms with Crippen molar-refractivity contribution in [3.8, 4) is 0 Å². The van der Waals surface area contributed by atoms with E-state index in [4.69, 9.17) is 9.84 Å². The first-order valence-corrected chi connectivity index (χ1v) is 11.0. The summed E-state index contributed by atoms with van der Waals surface area (Å²) >= 11 is 5.03. The second kappa shape index (κ2) is 11.9. The summed E-state index contributed by atoms with van der Waals surface area (Å²) in [5.74, 6) is 1.37. The van der Waals surface area contributed by atoms with Crippen LogP contribution in [0, 0.1) is 0 Å². The SMILES string of the molecule is CCOCC(O)CSc1ccc(Sc2ccc(SCCO)cc2)cc1. The molecule has 0 heterocycles. The molecule has 0 fully saturated rings. The molecule has 25 heavy (non-hydrogen) atoms. The van der Waals surface area contributed by atoms with Gasteiger partial charge >= 0.3 is 0 Å². The maximum atomic E-state index is 9.80. The molecule has 0 radical (unpaired) electrons. The molecule has 0 aliphatic rings. The third-order valence-electron chi connectivity index (χ3n) is 3.20. The lowest BCUT2D eigenvalue weighted by molar-refractivity contribution is 0.0551. The smallest absolute Gasteiger partial charge is 0.0867 e. The summed E-state index contributed by atoms with van der Waals surface area (Å²) in [5.41, 5.74) is 0. The molecule has 1 atom stereocenters. The molecule has 0 aliphatic carbocycles. The monoisotopic (exact) mass is 396 g/mol. The zero-order valence-corrected chi connectivity index (χ0v) is 16.7.